The molecule has 0 fully saturated rings. The van der Waals surface area contributed by atoms with Gasteiger partial charge in [-0.1, -0.05) is 24.3 Å². The van der Waals surface area contributed by atoms with Crippen molar-refractivity contribution in [2.75, 3.05) is 5.73 Å². The lowest BCUT2D eigenvalue weighted by Gasteiger charge is -2.06. The Morgan fingerprint density at radius 3 is 2.47 bits per heavy atom. The van der Waals surface area contributed by atoms with Crippen molar-refractivity contribution in [2.45, 2.75) is 13.3 Å². The molecule has 0 unspecified atom stereocenters. The summed E-state index contributed by atoms with van der Waals surface area (Å²) in [7, 11) is 0. The van der Waals surface area contributed by atoms with E-state index >= 15 is 0 Å². The predicted molar refractivity (Wildman–Crippen MR) is 68.6 cm³/mol. The zero-order valence-electron chi connectivity index (χ0n) is 9.68. The van der Waals surface area contributed by atoms with Crippen LogP contribution in [0.3, 0.4) is 0 Å². The molecule has 0 atom stereocenters. The van der Waals surface area contributed by atoms with E-state index in [2.05, 4.69) is 4.98 Å². The van der Waals surface area contributed by atoms with Gasteiger partial charge in [-0.2, -0.15) is 0 Å². The van der Waals surface area contributed by atoms with Crippen LogP contribution < -0.4 is 5.73 Å². The fourth-order valence-corrected chi connectivity index (χ4v) is 1.80. The van der Waals surface area contributed by atoms with Crippen molar-refractivity contribution in [3.05, 3.63) is 47.7 Å². The minimum atomic E-state index is 0.458. The maximum atomic E-state index is 10.4. The number of carbonyl (C=O) groups is 1. The quantitative estimate of drug-likeness (QED) is 0.817. The number of nitrogen functional groups attached to an aromatic ring is 1. The molecule has 0 amide bonds. The SMILES string of the molecule is Cc1nc(N)ccc1-c1ccc(CC=O)cc1. The minimum absolute atomic E-state index is 0.458. The summed E-state index contributed by atoms with van der Waals surface area (Å²) in [6.07, 6.45) is 1.37. The molecule has 0 radical (unpaired) electrons. The number of hydrogen-bond acceptors (Lipinski definition) is 3. The van der Waals surface area contributed by atoms with Crippen molar-refractivity contribution in [2.24, 2.45) is 0 Å². The van der Waals surface area contributed by atoms with Crippen molar-refractivity contribution >= 4 is 12.1 Å². The Kier molecular flexibility index (Phi) is 3.19. The number of hydrogen-bond donors (Lipinski definition) is 1. The first-order valence-corrected chi connectivity index (χ1v) is 5.47. The van der Waals surface area contributed by atoms with E-state index in [0.717, 1.165) is 28.7 Å². The number of aromatic nitrogens is 1. The number of anilines is 1. The number of rotatable bonds is 3. The highest BCUT2D eigenvalue weighted by Crippen LogP contribution is 2.23. The molecule has 1 heterocycles. The molecule has 0 aliphatic carbocycles. The van der Waals surface area contributed by atoms with Gasteiger partial charge in [-0.25, -0.2) is 4.98 Å². The van der Waals surface area contributed by atoms with Gasteiger partial charge >= 0.3 is 0 Å². The van der Waals surface area contributed by atoms with Crippen molar-refractivity contribution in [3.8, 4) is 11.1 Å². The molecule has 2 N–H and O–H groups in total. The summed E-state index contributed by atoms with van der Waals surface area (Å²) >= 11 is 0. The summed E-state index contributed by atoms with van der Waals surface area (Å²) < 4.78 is 0. The highest BCUT2D eigenvalue weighted by molar-refractivity contribution is 5.67. The molecule has 0 aliphatic heterocycles. The summed E-state index contributed by atoms with van der Waals surface area (Å²) in [6, 6.07) is 11.7. The second-order valence-corrected chi connectivity index (χ2v) is 3.94. The number of nitrogens with zero attached hydrogens (tertiary/aromatic N) is 1. The third kappa shape index (κ3) is 2.50. The largest absolute Gasteiger partial charge is 0.384 e. The lowest BCUT2D eigenvalue weighted by molar-refractivity contribution is -0.107. The molecule has 1 aromatic heterocycles. The minimum Gasteiger partial charge on any atom is -0.384 e. The van der Waals surface area contributed by atoms with Crippen LogP contribution in [-0.4, -0.2) is 11.3 Å². The molecule has 1 aromatic carbocycles. The van der Waals surface area contributed by atoms with Crippen LogP contribution in [-0.2, 0) is 11.2 Å². The first-order chi connectivity index (χ1) is 8.20. The second-order valence-electron chi connectivity index (χ2n) is 3.94. The smallest absolute Gasteiger partial charge is 0.124 e. The molecule has 3 heteroatoms. The second kappa shape index (κ2) is 4.78. The molecular formula is C14H14N2O. The van der Waals surface area contributed by atoms with Crippen LogP contribution in [0.1, 0.15) is 11.3 Å². The van der Waals surface area contributed by atoms with Gasteiger partial charge in [-0.15, -0.1) is 0 Å². The number of pyridine rings is 1. The number of aryl methyl sites for hydroxylation is 1. The van der Waals surface area contributed by atoms with Gasteiger partial charge in [0.1, 0.15) is 12.1 Å². The molecule has 0 spiro atoms. The average molecular weight is 226 g/mol. The predicted octanol–water partition coefficient (Wildman–Crippen LogP) is 2.38. The normalized spacial score (nSPS) is 10.2. The Labute approximate surface area is 100 Å². The van der Waals surface area contributed by atoms with E-state index in [-0.39, 0.29) is 0 Å². The van der Waals surface area contributed by atoms with Crippen LogP contribution in [0.15, 0.2) is 36.4 Å². The van der Waals surface area contributed by atoms with Crippen LogP contribution in [0, 0.1) is 6.92 Å². The Morgan fingerprint density at radius 1 is 1.18 bits per heavy atom. The Balaban J connectivity index is 2.36. The van der Waals surface area contributed by atoms with Gasteiger partial charge in [-0.3, -0.25) is 0 Å². The zero-order chi connectivity index (χ0) is 12.3. The van der Waals surface area contributed by atoms with Gasteiger partial charge in [0.15, 0.2) is 0 Å². The van der Waals surface area contributed by atoms with Gasteiger partial charge < -0.3 is 10.5 Å². The maximum Gasteiger partial charge on any atom is 0.124 e. The lowest BCUT2D eigenvalue weighted by Crippen LogP contribution is -1.94. The van der Waals surface area contributed by atoms with Crippen LogP contribution in [0.4, 0.5) is 5.82 Å². The van der Waals surface area contributed by atoms with Crippen molar-refractivity contribution in [1.82, 2.24) is 4.98 Å². The van der Waals surface area contributed by atoms with Crippen molar-refractivity contribution in [1.29, 1.82) is 0 Å². The molecule has 0 saturated heterocycles. The van der Waals surface area contributed by atoms with Gasteiger partial charge in [0.05, 0.1) is 0 Å². The van der Waals surface area contributed by atoms with E-state index in [1.807, 2.05) is 37.3 Å². The van der Waals surface area contributed by atoms with Crippen LogP contribution in [0.2, 0.25) is 0 Å². The molecule has 0 bridgehead atoms. The first-order valence-electron chi connectivity index (χ1n) is 5.47. The van der Waals surface area contributed by atoms with E-state index in [9.17, 15) is 4.79 Å². The van der Waals surface area contributed by atoms with E-state index in [1.54, 1.807) is 6.07 Å². The monoisotopic (exact) mass is 226 g/mol. The summed E-state index contributed by atoms with van der Waals surface area (Å²) in [4.78, 5) is 14.6. The van der Waals surface area contributed by atoms with Gasteiger partial charge in [0, 0.05) is 17.7 Å². The standard InChI is InChI=1S/C14H14N2O/c1-10-13(6-7-14(15)16-10)12-4-2-11(3-5-12)8-9-17/h2-7,9H,8H2,1H3,(H2,15,16). The molecule has 0 aliphatic rings. The fraction of sp³-hybridized carbons (Fsp3) is 0.143. The van der Waals surface area contributed by atoms with Crippen LogP contribution in [0.25, 0.3) is 11.1 Å². The molecular weight excluding hydrogens is 212 g/mol. The first kappa shape index (κ1) is 11.3. The lowest BCUT2D eigenvalue weighted by atomic mass is 10.0. The van der Waals surface area contributed by atoms with E-state index < -0.39 is 0 Å². The third-order valence-electron chi connectivity index (χ3n) is 2.69. The summed E-state index contributed by atoms with van der Waals surface area (Å²) in [5.74, 6) is 0.531. The van der Waals surface area contributed by atoms with Gasteiger partial charge in [-0.05, 0) is 30.2 Å². The van der Waals surface area contributed by atoms with Crippen LogP contribution in [0.5, 0.6) is 0 Å². The highest BCUT2D eigenvalue weighted by Gasteiger charge is 2.03. The molecule has 0 saturated carbocycles. The summed E-state index contributed by atoms with van der Waals surface area (Å²) in [5.41, 5.74) is 9.70. The summed E-state index contributed by atoms with van der Waals surface area (Å²) in [5, 5.41) is 0. The Bertz CT molecular complexity index is 532. The number of carbonyl (C=O) groups excluding carboxylic acids is 1. The Hall–Kier alpha value is -2.16. The summed E-state index contributed by atoms with van der Waals surface area (Å²) in [6.45, 7) is 1.94. The van der Waals surface area contributed by atoms with Gasteiger partial charge in [0.2, 0.25) is 0 Å². The highest BCUT2D eigenvalue weighted by atomic mass is 16.1. The van der Waals surface area contributed by atoms with E-state index in [1.165, 1.54) is 0 Å². The Morgan fingerprint density at radius 2 is 1.88 bits per heavy atom. The molecule has 3 nitrogen and oxygen atoms in total. The molecule has 2 aromatic rings. The third-order valence-corrected chi connectivity index (χ3v) is 2.69. The number of aldehydes is 1. The fourth-order valence-electron chi connectivity index (χ4n) is 1.80. The molecule has 86 valence electrons. The van der Waals surface area contributed by atoms with E-state index in [0.29, 0.717) is 12.2 Å². The van der Waals surface area contributed by atoms with Crippen molar-refractivity contribution in [3.63, 3.8) is 0 Å². The number of nitrogens with two attached hydrogens (primary N) is 1. The molecule has 17 heavy (non-hydrogen) atoms. The zero-order valence-corrected chi connectivity index (χ0v) is 9.68. The van der Waals surface area contributed by atoms with E-state index in [4.69, 9.17) is 5.73 Å². The molecule has 2 rings (SSSR count). The topological polar surface area (TPSA) is 56.0 Å². The van der Waals surface area contributed by atoms with Crippen molar-refractivity contribution < 1.29 is 4.79 Å². The average Bonchev–Trinajstić information content (AvgIpc) is 2.31. The van der Waals surface area contributed by atoms with Gasteiger partial charge in [0.25, 0.3) is 0 Å². The van der Waals surface area contributed by atoms with Crippen LogP contribution >= 0.6 is 0 Å². The number of benzene rings is 1. The maximum absolute atomic E-state index is 10.4.